The first kappa shape index (κ1) is 18.1. The Morgan fingerprint density at radius 3 is 1.81 bits per heavy atom. The smallest absolute Gasteiger partial charge is 0.269 e. The van der Waals surface area contributed by atoms with Crippen LogP contribution in [0, 0.1) is 22.0 Å². The van der Waals surface area contributed by atoms with E-state index in [2.05, 4.69) is 21.3 Å². The van der Waals surface area contributed by atoms with Gasteiger partial charge < -0.3 is 21.3 Å². The molecule has 2 fully saturated rings. The van der Waals surface area contributed by atoms with Gasteiger partial charge in [-0.15, -0.1) is 0 Å². The summed E-state index contributed by atoms with van der Waals surface area (Å²) >= 11 is 9.91. The molecule has 1 aromatic carbocycles. The van der Waals surface area contributed by atoms with Crippen molar-refractivity contribution in [2.45, 2.75) is 5.92 Å². The van der Waals surface area contributed by atoms with Crippen LogP contribution in [0.25, 0.3) is 0 Å². The summed E-state index contributed by atoms with van der Waals surface area (Å²) in [5.74, 6) is -2.25. The molecule has 1 aromatic rings. The minimum absolute atomic E-state index is 0.0627. The summed E-state index contributed by atoms with van der Waals surface area (Å²) in [4.78, 5) is 35.4. The number of hydrogen-bond acceptors (Lipinski definition) is 6. The maximum absolute atomic E-state index is 12.5. The fourth-order valence-corrected chi connectivity index (χ4v) is 3.60. The average Bonchev–Trinajstić information content (AvgIpc) is 2.59. The highest BCUT2D eigenvalue weighted by molar-refractivity contribution is 7.80. The normalized spacial score (nSPS) is 24.0. The quantitative estimate of drug-likeness (QED) is 0.318. The number of benzene rings is 1. The third kappa shape index (κ3) is 3.63. The van der Waals surface area contributed by atoms with Crippen LogP contribution >= 0.6 is 24.4 Å². The Labute approximate surface area is 159 Å². The molecule has 136 valence electrons. The van der Waals surface area contributed by atoms with Crippen LogP contribution in [0.4, 0.5) is 5.69 Å². The number of rotatable bonds is 4. The molecule has 0 bridgehead atoms. The van der Waals surface area contributed by atoms with E-state index in [1.165, 1.54) is 12.1 Å². The Morgan fingerprint density at radius 1 is 0.962 bits per heavy atom. The molecule has 9 nitrogen and oxygen atoms in total. The fraction of sp³-hybridized carbons (Fsp3) is 0.333. The number of thiocarbonyl (C=S) groups is 2. The zero-order valence-corrected chi connectivity index (χ0v) is 15.0. The molecule has 4 N–H and O–H groups in total. The van der Waals surface area contributed by atoms with Gasteiger partial charge in [-0.2, -0.15) is 0 Å². The van der Waals surface area contributed by atoms with Gasteiger partial charge in [0.1, 0.15) is 0 Å². The molecule has 2 aliphatic heterocycles. The van der Waals surface area contributed by atoms with Crippen LogP contribution in [-0.4, -0.2) is 40.1 Å². The lowest BCUT2D eigenvalue weighted by molar-refractivity contribution is -0.384. The molecule has 0 spiro atoms. The average molecular weight is 393 g/mol. The zero-order valence-electron chi connectivity index (χ0n) is 13.4. The molecule has 2 amide bonds. The fourth-order valence-electron chi connectivity index (χ4n) is 3.23. The van der Waals surface area contributed by atoms with Gasteiger partial charge in [-0.25, -0.2) is 0 Å². The van der Waals surface area contributed by atoms with Crippen LogP contribution in [0.1, 0.15) is 11.5 Å². The summed E-state index contributed by atoms with van der Waals surface area (Å²) in [6.45, 7) is 0.529. The van der Waals surface area contributed by atoms with Crippen LogP contribution < -0.4 is 21.3 Å². The number of carbonyl (C=O) groups is 2. The summed E-state index contributed by atoms with van der Waals surface area (Å²) < 4.78 is 0. The molecule has 2 aliphatic rings. The Morgan fingerprint density at radius 2 is 1.42 bits per heavy atom. The second kappa shape index (κ2) is 7.30. The number of non-ortho nitro benzene ring substituents is 1. The van der Waals surface area contributed by atoms with Gasteiger partial charge in [0.15, 0.2) is 10.2 Å². The highest BCUT2D eigenvalue weighted by atomic mass is 32.1. The molecule has 0 aliphatic carbocycles. The van der Waals surface area contributed by atoms with Crippen molar-refractivity contribution in [2.75, 3.05) is 13.1 Å². The predicted octanol–water partition coefficient (Wildman–Crippen LogP) is -0.0806. The Hall–Kier alpha value is -2.66. The van der Waals surface area contributed by atoms with Gasteiger partial charge in [-0.05, 0) is 30.0 Å². The summed E-state index contributed by atoms with van der Waals surface area (Å²) in [5.41, 5.74) is 0.590. The van der Waals surface area contributed by atoms with Crippen molar-refractivity contribution in [2.24, 2.45) is 11.8 Å². The van der Waals surface area contributed by atoms with Crippen molar-refractivity contribution in [1.29, 1.82) is 0 Å². The second-order valence-corrected chi connectivity index (χ2v) is 6.80. The largest absolute Gasteiger partial charge is 0.362 e. The molecule has 2 saturated heterocycles. The Balaban J connectivity index is 1.97. The Kier molecular flexibility index (Phi) is 5.09. The third-order valence-corrected chi connectivity index (χ3v) is 4.96. The first-order chi connectivity index (χ1) is 12.4. The topological polar surface area (TPSA) is 125 Å². The molecule has 0 saturated carbocycles. The van der Waals surface area contributed by atoms with Gasteiger partial charge in [0.05, 0.1) is 16.8 Å². The Bertz CT molecular complexity index is 760. The lowest BCUT2D eigenvalue weighted by Gasteiger charge is -2.37. The number of hydrogen-bond donors (Lipinski definition) is 4. The maximum atomic E-state index is 12.5. The SMILES string of the molecule is O=C1NC(=S)NCC1C(c1ccc([N+](=O)[O-])cc1)C1CNC(=S)NC1=O. The first-order valence-electron chi connectivity index (χ1n) is 7.78. The summed E-state index contributed by atoms with van der Waals surface area (Å²) in [7, 11) is 0. The molecule has 2 unspecified atom stereocenters. The second-order valence-electron chi connectivity index (χ2n) is 5.99. The lowest BCUT2D eigenvalue weighted by Crippen LogP contribution is -2.59. The summed E-state index contributed by atoms with van der Waals surface area (Å²) in [5, 5.41) is 22.3. The van der Waals surface area contributed by atoms with Gasteiger partial charge in [0, 0.05) is 31.1 Å². The van der Waals surface area contributed by atoms with E-state index >= 15 is 0 Å². The number of nitro benzene ring substituents is 1. The summed E-state index contributed by atoms with van der Waals surface area (Å²) in [6, 6.07) is 5.87. The van der Waals surface area contributed by atoms with Crippen LogP contribution in [-0.2, 0) is 9.59 Å². The van der Waals surface area contributed by atoms with E-state index in [4.69, 9.17) is 24.4 Å². The van der Waals surface area contributed by atoms with E-state index in [1.54, 1.807) is 12.1 Å². The van der Waals surface area contributed by atoms with Gasteiger partial charge in [-0.3, -0.25) is 19.7 Å². The lowest BCUT2D eigenvalue weighted by atomic mass is 9.74. The number of nitrogens with zero attached hydrogens (tertiary/aromatic N) is 1. The van der Waals surface area contributed by atoms with Crippen molar-refractivity contribution < 1.29 is 14.5 Å². The predicted molar refractivity (Wildman–Crippen MR) is 100 cm³/mol. The number of nitro groups is 1. The van der Waals surface area contributed by atoms with Crippen molar-refractivity contribution >= 4 is 52.2 Å². The molecule has 0 radical (unpaired) electrons. The molecule has 11 heteroatoms. The molecular formula is C15H15N5O4S2. The van der Waals surface area contributed by atoms with Crippen molar-refractivity contribution in [3.05, 3.63) is 39.9 Å². The van der Waals surface area contributed by atoms with Crippen molar-refractivity contribution in [3.63, 3.8) is 0 Å². The minimum Gasteiger partial charge on any atom is -0.362 e. The van der Waals surface area contributed by atoms with E-state index in [1.807, 2.05) is 0 Å². The third-order valence-electron chi connectivity index (χ3n) is 4.47. The molecular weight excluding hydrogens is 378 g/mol. The van der Waals surface area contributed by atoms with E-state index in [9.17, 15) is 19.7 Å². The summed E-state index contributed by atoms with van der Waals surface area (Å²) in [6.07, 6.45) is 0. The molecule has 0 aromatic heterocycles. The van der Waals surface area contributed by atoms with Gasteiger partial charge >= 0.3 is 0 Å². The minimum atomic E-state index is -0.577. The van der Waals surface area contributed by atoms with Gasteiger partial charge in [0.2, 0.25) is 11.8 Å². The van der Waals surface area contributed by atoms with Crippen LogP contribution in [0.5, 0.6) is 0 Å². The molecule has 3 rings (SSSR count). The highest BCUT2D eigenvalue weighted by Gasteiger charge is 2.42. The van der Waals surface area contributed by atoms with Gasteiger partial charge in [-0.1, -0.05) is 12.1 Å². The van der Waals surface area contributed by atoms with E-state index in [-0.39, 0.29) is 40.8 Å². The first-order valence-corrected chi connectivity index (χ1v) is 8.60. The van der Waals surface area contributed by atoms with Gasteiger partial charge in [0.25, 0.3) is 5.69 Å². The molecule has 2 heterocycles. The number of amides is 2. The van der Waals surface area contributed by atoms with Crippen LogP contribution in [0.15, 0.2) is 24.3 Å². The maximum Gasteiger partial charge on any atom is 0.269 e. The number of nitrogens with one attached hydrogen (secondary N) is 4. The number of carbonyl (C=O) groups excluding carboxylic acids is 2. The molecule has 2 atom stereocenters. The van der Waals surface area contributed by atoms with E-state index < -0.39 is 22.7 Å². The highest BCUT2D eigenvalue weighted by Crippen LogP contribution is 2.35. The standard InChI is InChI=1S/C15H15N5O4S2/c21-12-9(5-16-14(25)18-12)11(10-6-17-15(26)19-13(10)22)7-1-3-8(4-2-7)20(23)24/h1-4,9-11H,5-6H2,(H2,16,18,21,25)(H2,17,19,22,26). The van der Waals surface area contributed by atoms with Crippen LogP contribution in [0.3, 0.4) is 0 Å². The van der Waals surface area contributed by atoms with Crippen molar-refractivity contribution in [1.82, 2.24) is 21.3 Å². The van der Waals surface area contributed by atoms with Crippen molar-refractivity contribution in [3.8, 4) is 0 Å². The van der Waals surface area contributed by atoms with E-state index in [0.717, 1.165) is 0 Å². The van der Waals surface area contributed by atoms with E-state index in [0.29, 0.717) is 5.56 Å². The zero-order chi connectivity index (χ0) is 18.8. The monoisotopic (exact) mass is 393 g/mol. The van der Waals surface area contributed by atoms with Crippen LogP contribution in [0.2, 0.25) is 0 Å². The molecule has 26 heavy (non-hydrogen) atoms.